The Kier molecular flexibility index (Phi) is 4.44. The standard InChI is InChI=1S/C19H16ClNO5/c1-23-15-3-2-11-6-17(21-16(11)7-15)19(22)25-9-13-5-14(20)4-12-8-24-10-26-18(12)13/h2-7,21H,8-10H2,1H3. The molecular weight excluding hydrogens is 358 g/mol. The Bertz CT molecular complexity index is 981. The average Bonchev–Trinajstić information content (AvgIpc) is 3.09. The van der Waals surface area contributed by atoms with Crippen molar-refractivity contribution in [2.75, 3.05) is 13.9 Å². The van der Waals surface area contributed by atoms with E-state index < -0.39 is 5.97 Å². The molecule has 134 valence electrons. The van der Waals surface area contributed by atoms with Crippen LogP contribution in [0.25, 0.3) is 10.9 Å². The molecule has 0 atom stereocenters. The molecule has 0 spiro atoms. The number of nitrogens with one attached hydrogen (secondary N) is 1. The minimum atomic E-state index is -0.457. The number of fused-ring (bicyclic) bond motifs is 2. The van der Waals surface area contributed by atoms with Crippen molar-refractivity contribution < 1.29 is 23.7 Å². The van der Waals surface area contributed by atoms with E-state index in [9.17, 15) is 4.79 Å². The predicted octanol–water partition coefficient (Wildman–Crippen LogP) is 4.05. The minimum absolute atomic E-state index is 0.0560. The van der Waals surface area contributed by atoms with Gasteiger partial charge in [-0.2, -0.15) is 0 Å². The van der Waals surface area contributed by atoms with Gasteiger partial charge in [-0.05, 0) is 30.3 Å². The van der Waals surface area contributed by atoms with Crippen molar-refractivity contribution in [2.45, 2.75) is 13.2 Å². The van der Waals surface area contributed by atoms with Crippen molar-refractivity contribution in [3.63, 3.8) is 0 Å². The number of carbonyl (C=O) groups is 1. The summed E-state index contributed by atoms with van der Waals surface area (Å²) in [5, 5.41) is 1.44. The van der Waals surface area contributed by atoms with Gasteiger partial charge in [0, 0.05) is 33.1 Å². The van der Waals surface area contributed by atoms with Crippen molar-refractivity contribution in [1.29, 1.82) is 0 Å². The summed E-state index contributed by atoms with van der Waals surface area (Å²) in [6.45, 7) is 0.639. The van der Waals surface area contributed by atoms with E-state index in [1.54, 1.807) is 25.3 Å². The van der Waals surface area contributed by atoms with Crippen LogP contribution >= 0.6 is 11.6 Å². The third-order valence-corrected chi connectivity index (χ3v) is 4.38. The molecule has 0 saturated carbocycles. The molecule has 0 amide bonds. The highest BCUT2D eigenvalue weighted by atomic mass is 35.5. The highest BCUT2D eigenvalue weighted by Gasteiger charge is 2.18. The first-order valence-corrected chi connectivity index (χ1v) is 8.37. The molecule has 1 aliphatic rings. The number of esters is 1. The van der Waals surface area contributed by atoms with Gasteiger partial charge in [0.05, 0.1) is 13.7 Å². The van der Waals surface area contributed by atoms with Crippen molar-refractivity contribution in [3.05, 3.63) is 58.2 Å². The molecule has 1 N–H and O–H groups in total. The van der Waals surface area contributed by atoms with Gasteiger partial charge >= 0.3 is 5.97 Å². The Balaban J connectivity index is 1.53. The number of ether oxygens (including phenoxy) is 4. The van der Waals surface area contributed by atoms with E-state index in [1.807, 2.05) is 18.2 Å². The summed E-state index contributed by atoms with van der Waals surface area (Å²) in [4.78, 5) is 15.5. The van der Waals surface area contributed by atoms with Crippen LogP contribution in [0.15, 0.2) is 36.4 Å². The third kappa shape index (κ3) is 3.21. The molecule has 1 aliphatic heterocycles. The highest BCUT2D eigenvalue weighted by molar-refractivity contribution is 6.30. The molecule has 0 aliphatic carbocycles. The van der Waals surface area contributed by atoms with E-state index in [0.717, 1.165) is 16.5 Å². The number of hydrogen-bond acceptors (Lipinski definition) is 5. The highest BCUT2D eigenvalue weighted by Crippen LogP contribution is 2.32. The summed E-state index contributed by atoms with van der Waals surface area (Å²) in [5.41, 5.74) is 2.72. The van der Waals surface area contributed by atoms with Crippen LogP contribution in [-0.4, -0.2) is 24.9 Å². The Labute approximate surface area is 154 Å². The van der Waals surface area contributed by atoms with Gasteiger partial charge < -0.3 is 23.9 Å². The molecular formula is C19H16ClNO5. The molecule has 0 saturated heterocycles. The van der Waals surface area contributed by atoms with Crippen LogP contribution in [0.2, 0.25) is 5.02 Å². The summed E-state index contributed by atoms with van der Waals surface area (Å²) in [6, 6.07) is 10.8. The molecule has 4 rings (SSSR count). The fraction of sp³-hybridized carbons (Fsp3) is 0.211. The van der Waals surface area contributed by atoms with Gasteiger partial charge in [-0.1, -0.05) is 11.6 Å². The second-order valence-corrected chi connectivity index (χ2v) is 6.31. The Morgan fingerprint density at radius 3 is 3.00 bits per heavy atom. The first-order valence-electron chi connectivity index (χ1n) is 8.00. The van der Waals surface area contributed by atoms with Crippen LogP contribution < -0.4 is 9.47 Å². The number of halogens is 1. The minimum Gasteiger partial charge on any atom is -0.497 e. The number of hydrogen-bond donors (Lipinski definition) is 1. The normalized spacial score (nSPS) is 13.2. The van der Waals surface area contributed by atoms with Crippen molar-refractivity contribution in [2.24, 2.45) is 0 Å². The SMILES string of the molecule is COc1ccc2cc(C(=O)OCc3cc(Cl)cc4c3OCOC4)[nH]c2c1. The number of rotatable bonds is 4. The van der Waals surface area contributed by atoms with Crippen LogP contribution in [-0.2, 0) is 22.7 Å². The van der Waals surface area contributed by atoms with Crippen LogP contribution in [0.3, 0.4) is 0 Å². The lowest BCUT2D eigenvalue weighted by molar-refractivity contribution is -0.0180. The summed E-state index contributed by atoms with van der Waals surface area (Å²) in [7, 11) is 1.60. The Morgan fingerprint density at radius 1 is 1.27 bits per heavy atom. The number of aromatic nitrogens is 1. The molecule has 0 radical (unpaired) electrons. The molecule has 2 heterocycles. The zero-order chi connectivity index (χ0) is 18.1. The fourth-order valence-corrected chi connectivity index (χ4v) is 3.19. The first-order chi connectivity index (χ1) is 12.6. The lowest BCUT2D eigenvalue weighted by atomic mass is 10.1. The van der Waals surface area contributed by atoms with Gasteiger partial charge in [-0.25, -0.2) is 4.79 Å². The second kappa shape index (κ2) is 6.90. The summed E-state index contributed by atoms with van der Waals surface area (Å²) in [6.07, 6.45) is 0. The van der Waals surface area contributed by atoms with E-state index in [4.69, 9.17) is 30.5 Å². The lowest BCUT2D eigenvalue weighted by Crippen LogP contribution is -2.14. The maximum Gasteiger partial charge on any atom is 0.355 e. The monoisotopic (exact) mass is 373 g/mol. The Morgan fingerprint density at radius 2 is 2.15 bits per heavy atom. The maximum absolute atomic E-state index is 12.4. The zero-order valence-corrected chi connectivity index (χ0v) is 14.8. The van der Waals surface area contributed by atoms with E-state index in [1.165, 1.54) is 0 Å². The van der Waals surface area contributed by atoms with Gasteiger partial charge in [-0.3, -0.25) is 0 Å². The molecule has 0 unspecified atom stereocenters. The van der Waals surface area contributed by atoms with E-state index >= 15 is 0 Å². The maximum atomic E-state index is 12.4. The Hall–Kier alpha value is -2.70. The number of methoxy groups -OCH3 is 1. The average molecular weight is 374 g/mol. The quantitative estimate of drug-likeness (QED) is 0.698. The molecule has 1 aromatic heterocycles. The van der Waals surface area contributed by atoms with Crippen LogP contribution in [0.1, 0.15) is 21.6 Å². The molecule has 3 aromatic rings. The van der Waals surface area contributed by atoms with Crippen molar-refractivity contribution in [1.82, 2.24) is 4.98 Å². The molecule has 0 bridgehead atoms. The smallest absolute Gasteiger partial charge is 0.355 e. The third-order valence-electron chi connectivity index (χ3n) is 4.16. The number of H-pyrrole nitrogens is 1. The number of benzene rings is 2. The van der Waals surface area contributed by atoms with Gasteiger partial charge in [-0.15, -0.1) is 0 Å². The first kappa shape index (κ1) is 16.8. The van der Waals surface area contributed by atoms with Gasteiger partial charge in [0.15, 0.2) is 6.79 Å². The van der Waals surface area contributed by atoms with Crippen molar-refractivity contribution >= 4 is 28.5 Å². The van der Waals surface area contributed by atoms with E-state index in [2.05, 4.69) is 4.98 Å². The van der Waals surface area contributed by atoms with Crippen molar-refractivity contribution in [3.8, 4) is 11.5 Å². The summed E-state index contributed by atoms with van der Waals surface area (Å²) in [5.74, 6) is 0.917. The molecule has 26 heavy (non-hydrogen) atoms. The van der Waals surface area contributed by atoms with Gasteiger partial charge in [0.2, 0.25) is 0 Å². The van der Waals surface area contributed by atoms with Crippen LogP contribution in [0.4, 0.5) is 0 Å². The zero-order valence-electron chi connectivity index (χ0n) is 14.0. The molecule has 6 nitrogen and oxygen atoms in total. The molecule has 2 aromatic carbocycles. The largest absolute Gasteiger partial charge is 0.497 e. The molecule has 7 heteroatoms. The van der Waals surface area contributed by atoms with Gasteiger partial charge in [0.1, 0.15) is 23.8 Å². The second-order valence-electron chi connectivity index (χ2n) is 5.88. The van der Waals surface area contributed by atoms with Gasteiger partial charge in [0.25, 0.3) is 0 Å². The lowest BCUT2D eigenvalue weighted by Gasteiger charge is -2.21. The predicted molar refractivity (Wildman–Crippen MR) is 95.7 cm³/mol. The number of aromatic amines is 1. The van der Waals surface area contributed by atoms with E-state index in [0.29, 0.717) is 34.4 Å². The fourth-order valence-electron chi connectivity index (χ4n) is 2.93. The number of carbonyl (C=O) groups excluding carboxylic acids is 1. The summed E-state index contributed by atoms with van der Waals surface area (Å²) >= 11 is 6.13. The van der Waals surface area contributed by atoms with Crippen LogP contribution in [0, 0.1) is 0 Å². The topological polar surface area (TPSA) is 69.8 Å². The summed E-state index contributed by atoms with van der Waals surface area (Å²) < 4.78 is 21.4. The van der Waals surface area contributed by atoms with Crippen LogP contribution in [0.5, 0.6) is 11.5 Å². The molecule has 0 fully saturated rings. The van der Waals surface area contributed by atoms with E-state index in [-0.39, 0.29) is 13.4 Å².